The first-order valence-corrected chi connectivity index (χ1v) is 7.45. The van der Waals surface area contributed by atoms with Crippen LogP contribution < -0.4 is 15.4 Å². The molecule has 0 spiro atoms. The molecule has 1 aromatic carbocycles. The van der Waals surface area contributed by atoms with Crippen molar-refractivity contribution in [3.05, 3.63) is 18.2 Å². The Kier molecular flexibility index (Phi) is 5.16. The summed E-state index contributed by atoms with van der Waals surface area (Å²) >= 11 is 0. The van der Waals surface area contributed by atoms with Crippen LogP contribution in [0.25, 0.3) is 0 Å². The average Bonchev–Trinajstić information content (AvgIpc) is 2.35. The van der Waals surface area contributed by atoms with Gasteiger partial charge in [0, 0.05) is 20.1 Å². The highest BCUT2D eigenvalue weighted by Gasteiger charge is 2.14. The molecule has 19 heavy (non-hydrogen) atoms. The van der Waals surface area contributed by atoms with Crippen LogP contribution in [0.15, 0.2) is 23.1 Å². The molecule has 1 rings (SSSR count). The van der Waals surface area contributed by atoms with Gasteiger partial charge in [0.25, 0.3) is 0 Å². The SMILES string of the molecule is CNS(=O)(=O)c1ccc(N(C)CCN(C)C)c(N)c1. The van der Waals surface area contributed by atoms with Gasteiger partial charge in [0.2, 0.25) is 10.0 Å². The van der Waals surface area contributed by atoms with Crippen molar-refractivity contribution in [2.45, 2.75) is 4.90 Å². The average molecular weight is 286 g/mol. The van der Waals surface area contributed by atoms with Crippen LogP contribution >= 0.6 is 0 Å². The Labute approximate surface area is 115 Å². The van der Waals surface area contributed by atoms with E-state index in [4.69, 9.17) is 5.73 Å². The quantitative estimate of drug-likeness (QED) is 0.729. The van der Waals surface area contributed by atoms with Gasteiger partial charge in [0.1, 0.15) is 0 Å². The molecule has 0 atom stereocenters. The second-order valence-corrected chi connectivity index (χ2v) is 6.54. The van der Waals surface area contributed by atoms with Crippen molar-refractivity contribution in [1.29, 1.82) is 0 Å². The Balaban J connectivity index is 2.95. The number of hydrogen-bond acceptors (Lipinski definition) is 5. The van der Waals surface area contributed by atoms with E-state index >= 15 is 0 Å². The number of nitrogens with two attached hydrogens (primary N) is 1. The maximum Gasteiger partial charge on any atom is 0.240 e. The van der Waals surface area contributed by atoms with Crippen LogP contribution in [0.3, 0.4) is 0 Å². The van der Waals surface area contributed by atoms with Gasteiger partial charge >= 0.3 is 0 Å². The monoisotopic (exact) mass is 286 g/mol. The number of sulfonamides is 1. The van der Waals surface area contributed by atoms with E-state index in [9.17, 15) is 8.42 Å². The molecule has 0 saturated heterocycles. The molecule has 0 aromatic heterocycles. The first-order valence-electron chi connectivity index (χ1n) is 5.97. The van der Waals surface area contributed by atoms with Crippen molar-refractivity contribution < 1.29 is 8.42 Å². The zero-order valence-electron chi connectivity index (χ0n) is 11.8. The van der Waals surface area contributed by atoms with Crippen molar-refractivity contribution in [3.63, 3.8) is 0 Å². The minimum atomic E-state index is -3.45. The summed E-state index contributed by atoms with van der Waals surface area (Å²) in [5.41, 5.74) is 7.22. The summed E-state index contributed by atoms with van der Waals surface area (Å²) in [5.74, 6) is 0. The zero-order valence-corrected chi connectivity index (χ0v) is 12.7. The van der Waals surface area contributed by atoms with Gasteiger partial charge in [0.15, 0.2) is 0 Å². The minimum absolute atomic E-state index is 0.178. The van der Waals surface area contributed by atoms with Crippen molar-refractivity contribution in [3.8, 4) is 0 Å². The molecule has 7 heteroatoms. The van der Waals surface area contributed by atoms with Crippen LogP contribution in [-0.4, -0.2) is 54.6 Å². The first-order chi connectivity index (χ1) is 8.77. The lowest BCUT2D eigenvalue weighted by molar-refractivity contribution is 0.416. The fraction of sp³-hybridized carbons (Fsp3) is 0.500. The fourth-order valence-corrected chi connectivity index (χ4v) is 2.40. The topological polar surface area (TPSA) is 78.7 Å². The molecule has 0 fully saturated rings. The number of nitrogen functional groups attached to an aromatic ring is 1. The largest absolute Gasteiger partial charge is 0.397 e. The molecule has 0 heterocycles. The fourth-order valence-electron chi connectivity index (χ4n) is 1.64. The predicted octanol–water partition coefficient (Wildman–Crippen LogP) is 0.175. The number of likely N-dealkylation sites (N-methyl/N-ethyl adjacent to an activating group) is 2. The summed E-state index contributed by atoms with van der Waals surface area (Å²) < 4.78 is 25.6. The molecule has 1 aromatic rings. The Morgan fingerprint density at radius 2 is 1.84 bits per heavy atom. The molecule has 0 bridgehead atoms. The van der Waals surface area contributed by atoms with Crippen molar-refractivity contribution in [2.75, 3.05) is 51.9 Å². The van der Waals surface area contributed by atoms with Gasteiger partial charge in [-0.15, -0.1) is 0 Å². The lowest BCUT2D eigenvalue weighted by Crippen LogP contribution is -2.29. The summed E-state index contributed by atoms with van der Waals surface area (Å²) in [6.45, 7) is 1.71. The van der Waals surface area contributed by atoms with E-state index in [-0.39, 0.29) is 4.90 Å². The molecule has 0 amide bonds. The van der Waals surface area contributed by atoms with Gasteiger partial charge in [-0.05, 0) is 39.3 Å². The predicted molar refractivity (Wildman–Crippen MR) is 78.9 cm³/mol. The Morgan fingerprint density at radius 1 is 1.21 bits per heavy atom. The Hall–Kier alpha value is -1.31. The van der Waals surface area contributed by atoms with Gasteiger partial charge < -0.3 is 15.5 Å². The summed E-state index contributed by atoms with van der Waals surface area (Å²) in [6, 6.07) is 4.77. The van der Waals surface area contributed by atoms with E-state index in [1.54, 1.807) is 12.1 Å². The number of hydrogen-bond donors (Lipinski definition) is 2. The number of anilines is 2. The van der Waals surface area contributed by atoms with E-state index in [0.29, 0.717) is 5.69 Å². The molecule has 0 unspecified atom stereocenters. The minimum Gasteiger partial charge on any atom is -0.397 e. The number of nitrogens with one attached hydrogen (secondary N) is 1. The third-order valence-corrected chi connectivity index (χ3v) is 4.28. The second-order valence-electron chi connectivity index (χ2n) is 4.65. The van der Waals surface area contributed by atoms with Crippen LogP contribution in [-0.2, 0) is 10.0 Å². The van der Waals surface area contributed by atoms with Crippen molar-refractivity contribution in [2.24, 2.45) is 0 Å². The van der Waals surface area contributed by atoms with Crippen LogP contribution in [0.1, 0.15) is 0 Å². The van der Waals surface area contributed by atoms with E-state index in [1.807, 2.05) is 26.0 Å². The molecule has 0 aliphatic rings. The standard InChI is InChI=1S/C12H22N4O2S/c1-14-19(17,18)10-5-6-12(11(13)9-10)16(4)8-7-15(2)3/h5-6,9,14H,7-8,13H2,1-4H3. The molecule has 108 valence electrons. The van der Waals surface area contributed by atoms with E-state index in [2.05, 4.69) is 9.62 Å². The highest BCUT2D eigenvalue weighted by Crippen LogP contribution is 2.25. The van der Waals surface area contributed by atoms with Gasteiger partial charge in [-0.25, -0.2) is 13.1 Å². The van der Waals surface area contributed by atoms with E-state index in [1.165, 1.54) is 13.1 Å². The molecular formula is C12H22N4O2S. The summed E-state index contributed by atoms with van der Waals surface area (Å²) in [7, 11) is 3.86. The van der Waals surface area contributed by atoms with Gasteiger partial charge in [-0.2, -0.15) is 0 Å². The molecule has 0 saturated carbocycles. The number of nitrogens with zero attached hydrogens (tertiary/aromatic N) is 2. The van der Waals surface area contributed by atoms with Crippen molar-refractivity contribution in [1.82, 2.24) is 9.62 Å². The van der Waals surface area contributed by atoms with Gasteiger partial charge in [-0.1, -0.05) is 0 Å². The summed E-state index contributed by atoms with van der Waals surface area (Å²) in [6.07, 6.45) is 0. The van der Waals surface area contributed by atoms with Crippen LogP contribution in [0.5, 0.6) is 0 Å². The van der Waals surface area contributed by atoms with Crippen molar-refractivity contribution >= 4 is 21.4 Å². The smallest absolute Gasteiger partial charge is 0.240 e. The molecule has 6 nitrogen and oxygen atoms in total. The molecule has 0 aliphatic carbocycles. The number of benzene rings is 1. The lowest BCUT2D eigenvalue weighted by atomic mass is 10.2. The molecular weight excluding hydrogens is 264 g/mol. The number of rotatable bonds is 6. The third-order valence-electron chi connectivity index (χ3n) is 2.87. The maximum absolute atomic E-state index is 11.7. The summed E-state index contributed by atoms with van der Waals surface area (Å²) in [5, 5.41) is 0. The second kappa shape index (κ2) is 6.23. The highest BCUT2D eigenvalue weighted by atomic mass is 32.2. The molecule has 0 radical (unpaired) electrons. The maximum atomic E-state index is 11.7. The lowest BCUT2D eigenvalue weighted by Gasteiger charge is -2.23. The third kappa shape index (κ3) is 4.09. The molecule has 0 aliphatic heterocycles. The summed E-state index contributed by atoms with van der Waals surface area (Å²) in [4.78, 5) is 4.26. The van der Waals surface area contributed by atoms with Crippen LogP contribution in [0.2, 0.25) is 0 Å². The van der Waals surface area contributed by atoms with Gasteiger partial charge in [0.05, 0.1) is 16.3 Å². The Bertz CT molecular complexity index is 529. The molecule has 3 N–H and O–H groups in total. The highest BCUT2D eigenvalue weighted by molar-refractivity contribution is 7.89. The van der Waals surface area contributed by atoms with Crippen LogP contribution in [0, 0.1) is 0 Å². The van der Waals surface area contributed by atoms with Crippen LogP contribution in [0.4, 0.5) is 11.4 Å². The normalized spacial score (nSPS) is 11.8. The zero-order chi connectivity index (χ0) is 14.6. The first kappa shape index (κ1) is 15.7. The Morgan fingerprint density at radius 3 is 2.32 bits per heavy atom. The van der Waals surface area contributed by atoms with E-state index in [0.717, 1.165) is 18.8 Å². The van der Waals surface area contributed by atoms with Gasteiger partial charge in [-0.3, -0.25) is 0 Å². The van der Waals surface area contributed by atoms with E-state index < -0.39 is 10.0 Å².